The summed E-state index contributed by atoms with van der Waals surface area (Å²) in [4.78, 5) is 76.9. The highest BCUT2D eigenvalue weighted by Crippen LogP contribution is 2.40. The van der Waals surface area contributed by atoms with Gasteiger partial charge in [-0.3, -0.25) is 34.0 Å². The van der Waals surface area contributed by atoms with Gasteiger partial charge in [-0.25, -0.2) is 0 Å². The maximum absolute atomic E-state index is 13.9. The van der Waals surface area contributed by atoms with Gasteiger partial charge in [0.15, 0.2) is 23.0 Å². The summed E-state index contributed by atoms with van der Waals surface area (Å²) in [6.45, 7) is 11.2. The lowest BCUT2D eigenvalue weighted by Crippen LogP contribution is -2.47. The molecule has 0 aromatic heterocycles. The van der Waals surface area contributed by atoms with Crippen molar-refractivity contribution in [3.05, 3.63) is 83.2 Å². The fourth-order valence-corrected chi connectivity index (χ4v) is 8.49. The summed E-state index contributed by atoms with van der Waals surface area (Å²) < 4.78 is 45.4. The van der Waals surface area contributed by atoms with E-state index in [-0.39, 0.29) is 80.3 Å². The molecule has 0 spiro atoms. The summed E-state index contributed by atoms with van der Waals surface area (Å²) in [6, 6.07) is 5.50. The molecule has 2 aromatic carbocycles. The zero-order valence-electron chi connectivity index (χ0n) is 43.3. The van der Waals surface area contributed by atoms with Crippen LogP contribution in [-0.4, -0.2) is 157 Å². The molecule has 0 fully saturated rings. The normalized spacial score (nSPS) is 17.6. The van der Waals surface area contributed by atoms with E-state index in [1.807, 2.05) is 45.2 Å². The van der Waals surface area contributed by atoms with Gasteiger partial charge in [0.2, 0.25) is 17.7 Å². The van der Waals surface area contributed by atoms with Crippen LogP contribution in [0.3, 0.4) is 0 Å². The molecular formula is C54H71N7O13. The molecular weight excluding hydrogens is 955 g/mol. The van der Waals surface area contributed by atoms with E-state index >= 15 is 0 Å². The van der Waals surface area contributed by atoms with E-state index in [1.54, 1.807) is 65.7 Å². The monoisotopic (exact) mass is 1030 g/mol. The van der Waals surface area contributed by atoms with E-state index in [1.165, 1.54) is 14.2 Å². The average molecular weight is 1030 g/mol. The van der Waals surface area contributed by atoms with Gasteiger partial charge >= 0.3 is 0 Å². The number of nitrogens with zero attached hydrogens (tertiary/aromatic N) is 4. The number of methoxy groups -OCH3 is 2. The molecule has 4 atom stereocenters. The molecule has 4 aliphatic heterocycles. The standard InChI is InChI=1S/C54H71N7O13/c1-7-10-37-25-39-31-57-44-29-48(46(67-5)27-42(44)53(65)60(39)33-37)73-15-9-16-74-49-30-45-43(28-47(49)68-6)54(66)61-34-38(26-40(61)32-58-45)11-8-14-56-51(63)36(4)59-52(64)41(35(2)3)12-17-69-19-21-71-23-24-72-22-20-70-18-13-50(55)62/h7-8,10-11,27-36,39-41H,9,12-26H2,1-6H3,(H2,55,62)(H,56,63)(H,59,64)/b10-7+,11-8+/t36-,39-,40-,41-/m0/s1. The first-order chi connectivity index (χ1) is 35.8. The Balaban J connectivity index is 0.898. The SMILES string of the molecule is C/C=C/C1=CN2C(=O)c3cc(OC)c(OCCCOc4cc5c(cc4OC)C(=O)N4C=C(/C=C/CNC(=O)[C@H](C)NC(=O)[C@@H](CCOCCOCCOCCOCCC(N)=O)C(C)C)C[C@H]4C=N5)cc3N=C[C@@H]2C1. The lowest BCUT2D eigenvalue weighted by atomic mass is 9.91. The highest BCUT2D eigenvalue weighted by atomic mass is 16.6. The van der Waals surface area contributed by atoms with Gasteiger partial charge in [0.25, 0.3) is 11.8 Å². The van der Waals surface area contributed by atoms with Gasteiger partial charge in [0.1, 0.15) is 6.04 Å². The number of primary amides is 1. The highest BCUT2D eigenvalue weighted by Gasteiger charge is 2.34. The molecule has 0 bridgehead atoms. The predicted molar refractivity (Wildman–Crippen MR) is 278 cm³/mol. The predicted octanol–water partition coefficient (Wildman–Crippen LogP) is 5.54. The van der Waals surface area contributed by atoms with Crippen molar-refractivity contribution < 1.29 is 61.9 Å². The number of hydrogen-bond acceptors (Lipinski definition) is 15. The third kappa shape index (κ3) is 15.8. The lowest BCUT2D eigenvalue weighted by Gasteiger charge is -2.22. The molecule has 0 saturated heterocycles. The van der Waals surface area contributed by atoms with Crippen LogP contribution in [0.4, 0.5) is 11.4 Å². The van der Waals surface area contributed by atoms with Crippen molar-refractivity contribution in [1.29, 1.82) is 0 Å². The van der Waals surface area contributed by atoms with Gasteiger partial charge in [0, 0.05) is 68.9 Å². The number of nitrogens with two attached hydrogens (primary N) is 1. The third-order valence-electron chi connectivity index (χ3n) is 12.5. The number of allylic oxidation sites excluding steroid dienone is 3. The van der Waals surface area contributed by atoms with Gasteiger partial charge in [-0.1, -0.05) is 38.2 Å². The zero-order valence-corrected chi connectivity index (χ0v) is 43.3. The first-order valence-corrected chi connectivity index (χ1v) is 25.1. The Kier molecular flexibility index (Phi) is 21.8. The summed E-state index contributed by atoms with van der Waals surface area (Å²) in [5.74, 6) is 0.0231. The van der Waals surface area contributed by atoms with E-state index in [2.05, 4.69) is 20.6 Å². The van der Waals surface area contributed by atoms with Crippen molar-refractivity contribution in [3.63, 3.8) is 0 Å². The van der Waals surface area contributed by atoms with Crippen molar-refractivity contribution in [2.24, 2.45) is 27.6 Å². The molecule has 2 aromatic rings. The van der Waals surface area contributed by atoms with Crippen molar-refractivity contribution in [3.8, 4) is 23.0 Å². The van der Waals surface area contributed by atoms with Crippen LogP contribution in [0.15, 0.2) is 82.1 Å². The summed E-state index contributed by atoms with van der Waals surface area (Å²) in [5.41, 5.74) is 8.77. The number of ether oxygens (including phenoxy) is 8. The Hall–Kier alpha value is -6.87. The number of aliphatic imine (C=N–C) groups is 2. The number of carbonyl (C=O) groups is 5. The summed E-state index contributed by atoms with van der Waals surface area (Å²) in [5, 5.41) is 5.69. The first kappa shape index (κ1) is 56.4. The Bertz CT molecular complexity index is 2480. The Labute approximate surface area is 433 Å². The molecule has 20 nitrogen and oxygen atoms in total. The topological polar surface area (TPSA) is 240 Å². The summed E-state index contributed by atoms with van der Waals surface area (Å²) >= 11 is 0. The van der Waals surface area contributed by atoms with Gasteiger partial charge in [-0.05, 0) is 62.3 Å². The first-order valence-electron chi connectivity index (χ1n) is 25.1. The van der Waals surface area contributed by atoms with Crippen molar-refractivity contribution in [1.82, 2.24) is 20.4 Å². The summed E-state index contributed by atoms with van der Waals surface area (Å²) in [6.07, 6.45) is 17.2. The molecule has 400 valence electrons. The van der Waals surface area contributed by atoms with Crippen LogP contribution in [0.25, 0.3) is 0 Å². The van der Waals surface area contributed by atoms with E-state index in [9.17, 15) is 24.0 Å². The number of nitrogens with one attached hydrogen (secondary N) is 2. The minimum atomic E-state index is -0.760. The van der Waals surface area contributed by atoms with Crippen LogP contribution >= 0.6 is 0 Å². The molecule has 0 unspecified atom stereocenters. The number of benzene rings is 2. The second-order valence-electron chi connectivity index (χ2n) is 18.2. The third-order valence-corrected chi connectivity index (χ3v) is 12.5. The molecule has 74 heavy (non-hydrogen) atoms. The number of amides is 5. The Morgan fingerprint density at radius 1 is 0.689 bits per heavy atom. The fourth-order valence-electron chi connectivity index (χ4n) is 8.49. The zero-order chi connectivity index (χ0) is 53.0. The highest BCUT2D eigenvalue weighted by molar-refractivity contribution is 6.05. The number of carbonyl (C=O) groups excluding carboxylic acids is 5. The minimum Gasteiger partial charge on any atom is -0.493 e. The van der Waals surface area contributed by atoms with Gasteiger partial charge in [-0.2, -0.15) is 0 Å². The quantitative estimate of drug-likeness (QED) is 0.0788. The fraction of sp³-hybridized carbons (Fsp3) is 0.500. The van der Waals surface area contributed by atoms with Crippen LogP contribution in [0.5, 0.6) is 23.0 Å². The molecule has 4 aliphatic rings. The molecule has 5 amide bonds. The van der Waals surface area contributed by atoms with Crippen LogP contribution in [0.2, 0.25) is 0 Å². The van der Waals surface area contributed by atoms with Crippen molar-refractivity contribution in [2.75, 3.05) is 86.8 Å². The van der Waals surface area contributed by atoms with Crippen molar-refractivity contribution in [2.45, 2.75) is 77.9 Å². The van der Waals surface area contributed by atoms with E-state index in [0.717, 1.165) is 11.1 Å². The number of hydrogen-bond donors (Lipinski definition) is 3. The summed E-state index contributed by atoms with van der Waals surface area (Å²) in [7, 11) is 3.04. The maximum Gasteiger partial charge on any atom is 0.260 e. The smallest absolute Gasteiger partial charge is 0.260 e. The van der Waals surface area contributed by atoms with Gasteiger partial charge < -0.3 is 64.1 Å². The number of rotatable bonds is 31. The van der Waals surface area contributed by atoms with E-state index in [4.69, 9.17) is 43.6 Å². The second kappa shape index (κ2) is 28.5. The van der Waals surface area contributed by atoms with Crippen LogP contribution in [0.1, 0.15) is 80.5 Å². The lowest BCUT2D eigenvalue weighted by molar-refractivity contribution is -0.132. The van der Waals surface area contributed by atoms with Gasteiger partial charge in [-0.15, -0.1) is 0 Å². The van der Waals surface area contributed by atoms with E-state index < -0.39 is 11.9 Å². The molecule has 0 aliphatic carbocycles. The van der Waals surface area contributed by atoms with Crippen LogP contribution in [0, 0.1) is 11.8 Å². The minimum absolute atomic E-state index is 0.0283. The number of fused-ring (bicyclic) bond motifs is 4. The maximum atomic E-state index is 13.9. The van der Waals surface area contributed by atoms with Crippen molar-refractivity contribution >= 4 is 53.3 Å². The van der Waals surface area contributed by atoms with Crippen LogP contribution < -0.4 is 35.3 Å². The average Bonchev–Trinajstić information content (AvgIpc) is 3.93. The molecule has 0 saturated carbocycles. The van der Waals surface area contributed by atoms with E-state index in [0.29, 0.717) is 117 Å². The molecule has 6 rings (SSSR count). The molecule has 20 heteroatoms. The molecule has 0 radical (unpaired) electrons. The Morgan fingerprint density at radius 3 is 1.68 bits per heavy atom. The van der Waals surface area contributed by atoms with Gasteiger partial charge in [0.05, 0.1) is 108 Å². The molecule has 4 heterocycles. The molecule has 4 N–H and O–H groups in total. The second-order valence-corrected chi connectivity index (χ2v) is 18.2. The van der Waals surface area contributed by atoms with Crippen LogP contribution in [-0.2, 0) is 33.3 Å². The largest absolute Gasteiger partial charge is 0.493 e. The Morgan fingerprint density at radius 2 is 1.19 bits per heavy atom.